The molecule has 5 nitrogen and oxygen atoms in total. The minimum atomic E-state index is 0.303. The lowest BCUT2D eigenvalue weighted by molar-refractivity contribution is 0.785. The number of halogens is 2. The Hall–Kier alpha value is -1.24. The van der Waals surface area contributed by atoms with Crippen LogP contribution >= 0.6 is 34.9 Å². The lowest BCUT2D eigenvalue weighted by Crippen LogP contribution is -2.02. The first kappa shape index (κ1) is 10.9. The average Bonchev–Trinajstić information content (AvgIpc) is 2.96. The van der Waals surface area contributed by atoms with Crippen LogP contribution in [-0.2, 0) is 5.88 Å². The third-order valence-corrected chi connectivity index (χ3v) is 3.44. The Labute approximate surface area is 110 Å². The second-order valence-electron chi connectivity index (χ2n) is 3.30. The number of benzene rings is 1. The van der Waals surface area contributed by atoms with Gasteiger partial charge in [-0.15, -0.1) is 16.7 Å². The normalized spacial score (nSPS) is 11.2. The van der Waals surface area contributed by atoms with Gasteiger partial charge in [0.15, 0.2) is 0 Å². The molecule has 2 aromatic heterocycles. The summed E-state index contributed by atoms with van der Waals surface area (Å²) >= 11 is 13.1. The molecule has 0 spiro atoms. The van der Waals surface area contributed by atoms with E-state index in [0.717, 1.165) is 22.9 Å². The summed E-state index contributed by atoms with van der Waals surface area (Å²) in [4.78, 5) is 0. The molecule has 3 aromatic rings. The summed E-state index contributed by atoms with van der Waals surface area (Å²) in [5.74, 6) is 0.303. The van der Waals surface area contributed by atoms with Crippen LogP contribution in [0.1, 0.15) is 5.69 Å². The predicted octanol–water partition coefficient (Wildman–Crippen LogP) is 2.66. The summed E-state index contributed by atoms with van der Waals surface area (Å²) < 4.78 is 9.98. The number of hydrogen-bond acceptors (Lipinski definition) is 5. The van der Waals surface area contributed by atoms with Gasteiger partial charge in [-0.3, -0.25) is 0 Å². The van der Waals surface area contributed by atoms with Crippen LogP contribution in [0.5, 0.6) is 0 Å². The van der Waals surface area contributed by atoms with Gasteiger partial charge in [-0.05, 0) is 12.1 Å². The molecule has 17 heavy (non-hydrogen) atoms. The van der Waals surface area contributed by atoms with E-state index in [2.05, 4.69) is 19.1 Å². The highest BCUT2D eigenvalue weighted by molar-refractivity contribution is 7.00. The van der Waals surface area contributed by atoms with E-state index in [1.807, 2.05) is 6.07 Å². The maximum absolute atomic E-state index is 6.19. The Bertz CT molecular complexity index is 677. The molecular formula is C9H5Cl2N5S. The summed E-state index contributed by atoms with van der Waals surface area (Å²) in [5, 5.41) is 8.35. The van der Waals surface area contributed by atoms with Crippen LogP contribution in [-0.4, -0.2) is 23.7 Å². The summed E-state index contributed by atoms with van der Waals surface area (Å²) in [6.45, 7) is 0. The van der Waals surface area contributed by atoms with Crippen LogP contribution in [0.4, 0.5) is 0 Å². The van der Waals surface area contributed by atoms with Crippen LogP contribution in [0.3, 0.4) is 0 Å². The molecule has 0 saturated heterocycles. The van der Waals surface area contributed by atoms with Gasteiger partial charge in [-0.1, -0.05) is 16.8 Å². The van der Waals surface area contributed by atoms with Crippen molar-refractivity contribution in [1.82, 2.24) is 23.7 Å². The summed E-state index contributed by atoms with van der Waals surface area (Å²) in [7, 11) is 0. The van der Waals surface area contributed by atoms with Gasteiger partial charge in [-0.2, -0.15) is 8.75 Å². The van der Waals surface area contributed by atoms with Gasteiger partial charge in [0.1, 0.15) is 16.7 Å². The molecule has 0 aliphatic carbocycles. The maximum Gasteiger partial charge on any atom is 0.132 e. The number of fused-ring (bicyclic) bond motifs is 1. The molecule has 3 rings (SSSR count). The van der Waals surface area contributed by atoms with Crippen molar-refractivity contribution >= 4 is 46.0 Å². The molecule has 8 heteroatoms. The molecule has 0 N–H and O–H groups in total. The van der Waals surface area contributed by atoms with Crippen molar-refractivity contribution in [3.05, 3.63) is 29.0 Å². The van der Waals surface area contributed by atoms with E-state index in [0.29, 0.717) is 22.1 Å². The number of hydrogen-bond donors (Lipinski definition) is 0. The van der Waals surface area contributed by atoms with Crippen molar-refractivity contribution in [2.45, 2.75) is 5.88 Å². The van der Waals surface area contributed by atoms with E-state index in [1.54, 1.807) is 16.9 Å². The number of alkyl halides is 1. The Kier molecular flexibility index (Phi) is 2.70. The van der Waals surface area contributed by atoms with Crippen molar-refractivity contribution in [1.29, 1.82) is 0 Å². The summed E-state index contributed by atoms with van der Waals surface area (Å²) in [5.41, 5.74) is 2.92. The zero-order chi connectivity index (χ0) is 11.8. The third kappa shape index (κ3) is 1.69. The first-order chi connectivity index (χ1) is 8.31. The molecule has 2 heterocycles. The van der Waals surface area contributed by atoms with Crippen molar-refractivity contribution in [3.8, 4) is 5.69 Å². The Morgan fingerprint density at radius 2 is 2.18 bits per heavy atom. The molecule has 1 aromatic carbocycles. The zero-order valence-electron chi connectivity index (χ0n) is 8.34. The fraction of sp³-hybridized carbons (Fsp3) is 0.111. The molecule has 0 radical (unpaired) electrons. The monoisotopic (exact) mass is 285 g/mol. The first-order valence-electron chi connectivity index (χ1n) is 4.68. The lowest BCUT2D eigenvalue weighted by Gasteiger charge is -2.06. The topological polar surface area (TPSA) is 56.5 Å². The van der Waals surface area contributed by atoms with E-state index in [4.69, 9.17) is 23.2 Å². The highest BCUT2D eigenvalue weighted by Gasteiger charge is 2.15. The summed E-state index contributed by atoms with van der Waals surface area (Å²) in [6, 6.07) is 3.59. The van der Waals surface area contributed by atoms with E-state index < -0.39 is 0 Å². The standard InChI is InChI=1S/C9H5Cl2N5S/c10-3-5-4-12-15-16(5)9-6(11)1-2-7-8(9)14-17-13-7/h1-2,4H,3H2. The minimum absolute atomic E-state index is 0.303. The molecule has 0 saturated carbocycles. The smallest absolute Gasteiger partial charge is 0.132 e. The number of rotatable bonds is 2. The molecule has 86 valence electrons. The van der Waals surface area contributed by atoms with E-state index in [1.165, 1.54) is 0 Å². The third-order valence-electron chi connectivity index (χ3n) is 2.32. The lowest BCUT2D eigenvalue weighted by atomic mass is 10.2. The summed E-state index contributed by atoms with van der Waals surface area (Å²) in [6.07, 6.45) is 1.60. The van der Waals surface area contributed by atoms with E-state index >= 15 is 0 Å². The fourth-order valence-electron chi connectivity index (χ4n) is 1.55. The van der Waals surface area contributed by atoms with Gasteiger partial charge in [-0.25, -0.2) is 4.68 Å². The second kappa shape index (κ2) is 4.21. The molecule has 0 atom stereocenters. The van der Waals surface area contributed by atoms with Crippen LogP contribution in [0.2, 0.25) is 5.02 Å². The van der Waals surface area contributed by atoms with E-state index in [-0.39, 0.29) is 0 Å². The van der Waals surface area contributed by atoms with Crippen molar-refractivity contribution in [3.63, 3.8) is 0 Å². The van der Waals surface area contributed by atoms with Gasteiger partial charge in [0.05, 0.1) is 34.5 Å². The molecule has 0 bridgehead atoms. The largest absolute Gasteiger partial charge is 0.213 e. The highest BCUT2D eigenvalue weighted by Crippen LogP contribution is 2.28. The minimum Gasteiger partial charge on any atom is -0.213 e. The Morgan fingerprint density at radius 3 is 3.00 bits per heavy atom. The zero-order valence-corrected chi connectivity index (χ0v) is 10.7. The second-order valence-corrected chi connectivity index (χ2v) is 4.50. The van der Waals surface area contributed by atoms with Gasteiger partial charge < -0.3 is 0 Å². The van der Waals surface area contributed by atoms with Crippen LogP contribution in [0.15, 0.2) is 18.3 Å². The van der Waals surface area contributed by atoms with Crippen molar-refractivity contribution in [2.75, 3.05) is 0 Å². The van der Waals surface area contributed by atoms with Crippen LogP contribution < -0.4 is 0 Å². The molecule has 0 aliphatic rings. The number of nitrogens with zero attached hydrogens (tertiary/aromatic N) is 5. The van der Waals surface area contributed by atoms with Crippen LogP contribution in [0.25, 0.3) is 16.7 Å². The highest BCUT2D eigenvalue weighted by atomic mass is 35.5. The van der Waals surface area contributed by atoms with Crippen LogP contribution in [0, 0.1) is 0 Å². The maximum atomic E-state index is 6.19. The van der Waals surface area contributed by atoms with E-state index in [9.17, 15) is 0 Å². The first-order valence-corrected chi connectivity index (χ1v) is 6.32. The molecular weight excluding hydrogens is 281 g/mol. The quantitative estimate of drug-likeness (QED) is 0.680. The van der Waals surface area contributed by atoms with Crippen molar-refractivity contribution < 1.29 is 0 Å². The van der Waals surface area contributed by atoms with Gasteiger partial charge >= 0.3 is 0 Å². The molecule has 0 unspecified atom stereocenters. The molecule has 0 amide bonds. The van der Waals surface area contributed by atoms with Gasteiger partial charge in [0.25, 0.3) is 0 Å². The van der Waals surface area contributed by atoms with Gasteiger partial charge in [0, 0.05) is 0 Å². The Balaban J connectivity index is 2.36. The molecule has 0 fully saturated rings. The SMILES string of the molecule is ClCc1cnnn1-c1c(Cl)ccc2nsnc12. The number of aromatic nitrogens is 5. The fourth-order valence-corrected chi connectivity index (χ4v) is 2.50. The Morgan fingerprint density at radius 1 is 1.29 bits per heavy atom. The van der Waals surface area contributed by atoms with Gasteiger partial charge in [0.2, 0.25) is 0 Å². The predicted molar refractivity (Wildman–Crippen MR) is 66.9 cm³/mol. The molecule has 0 aliphatic heterocycles. The average molecular weight is 286 g/mol. The van der Waals surface area contributed by atoms with Crippen molar-refractivity contribution in [2.24, 2.45) is 0 Å².